The fraction of sp³-hybridized carbons (Fsp3) is 0.909. The predicted octanol–water partition coefficient (Wildman–Crippen LogP) is 1.85. The van der Waals surface area contributed by atoms with E-state index in [2.05, 4.69) is 19.2 Å². The molecule has 0 aliphatic rings. The zero-order valence-corrected chi connectivity index (χ0v) is 10.8. The molecule has 0 aliphatic heterocycles. The van der Waals surface area contributed by atoms with Gasteiger partial charge in [0.25, 0.3) is 0 Å². The highest BCUT2D eigenvalue weighted by Crippen LogP contribution is 2.08. The molecule has 0 aliphatic carbocycles. The first-order valence-corrected chi connectivity index (χ1v) is 5.40. The van der Waals surface area contributed by atoms with Crippen molar-refractivity contribution in [3.63, 3.8) is 0 Å². The van der Waals surface area contributed by atoms with Crippen LogP contribution in [0.5, 0.6) is 0 Å². The topological polar surface area (TPSA) is 41.6 Å². The number of ether oxygens (including phenoxy) is 1. The third-order valence-electron chi connectivity index (χ3n) is 1.70. The number of rotatable bonds is 4. The van der Waals surface area contributed by atoms with Crippen LogP contribution in [-0.2, 0) is 4.74 Å². The second-order valence-corrected chi connectivity index (χ2v) is 5.01. The van der Waals surface area contributed by atoms with E-state index in [-0.39, 0.29) is 6.09 Å². The lowest BCUT2D eigenvalue weighted by Gasteiger charge is -2.24. The summed E-state index contributed by atoms with van der Waals surface area (Å²) in [5.41, 5.74) is -0.420. The Labute approximate surface area is 93.0 Å². The predicted molar refractivity (Wildman–Crippen MR) is 62.0 cm³/mol. The van der Waals surface area contributed by atoms with Crippen LogP contribution in [0.4, 0.5) is 4.79 Å². The van der Waals surface area contributed by atoms with Crippen molar-refractivity contribution in [3.05, 3.63) is 0 Å². The molecule has 0 bridgehead atoms. The number of nitrogens with one attached hydrogen (secondary N) is 1. The average molecular weight is 216 g/mol. The molecule has 0 heterocycles. The van der Waals surface area contributed by atoms with Crippen LogP contribution >= 0.6 is 0 Å². The van der Waals surface area contributed by atoms with Gasteiger partial charge in [0.2, 0.25) is 0 Å². The average Bonchev–Trinajstić information content (AvgIpc) is 1.99. The maximum atomic E-state index is 11.5. The Morgan fingerprint density at radius 3 is 2.33 bits per heavy atom. The molecule has 1 N–H and O–H groups in total. The van der Waals surface area contributed by atoms with Crippen molar-refractivity contribution in [1.82, 2.24) is 10.2 Å². The fourth-order valence-corrected chi connectivity index (χ4v) is 0.952. The normalized spacial score (nSPS) is 11.7. The molecule has 4 heteroatoms. The number of nitrogens with zero attached hydrogens (tertiary/aromatic N) is 1. The van der Waals surface area contributed by atoms with Crippen LogP contribution in [0, 0.1) is 0 Å². The van der Waals surface area contributed by atoms with E-state index in [0.29, 0.717) is 12.6 Å². The first-order valence-electron chi connectivity index (χ1n) is 5.40. The maximum absolute atomic E-state index is 11.5. The minimum atomic E-state index is -0.420. The standard InChI is InChI=1S/C11H24N2O2/c1-9(2)12-7-8-13(6)10(14)15-11(3,4)5/h9,12H,7-8H2,1-6H3. The fourth-order valence-electron chi connectivity index (χ4n) is 0.952. The molecule has 4 nitrogen and oxygen atoms in total. The molecule has 90 valence electrons. The van der Waals surface area contributed by atoms with Crippen molar-refractivity contribution < 1.29 is 9.53 Å². The first-order chi connectivity index (χ1) is 6.72. The number of hydrogen-bond acceptors (Lipinski definition) is 3. The quantitative estimate of drug-likeness (QED) is 0.779. The van der Waals surface area contributed by atoms with Gasteiger partial charge in [0, 0.05) is 26.2 Å². The van der Waals surface area contributed by atoms with E-state index in [0.717, 1.165) is 6.54 Å². The van der Waals surface area contributed by atoms with Crippen LogP contribution in [0.1, 0.15) is 34.6 Å². The van der Waals surface area contributed by atoms with Gasteiger partial charge < -0.3 is 15.0 Å². The minimum Gasteiger partial charge on any atom is -0.444 e. The van der Waals surface area contributed by atoms with Gasteiger partial charge in [-0.3, -0.25) is 0 Å². The van der Waals surface area contributed by atoms with Crippen molar-refractivity contribution in [2.75, 3.05) is 20.1 Å². The summed E-state index contributed by atoms with van der Waals surface area (Å²) >= 11 is 0. The van der Waals surface area contributed by atoms with Gasteiger partial charge >= 0.3 is 6.09 Å². The third kappa shape index (κ3) is 8.24. The van der Waals surface area contributed by atoms with E-state index in [1.807, 2.05) is 20.8 Å². The molecule has 0 rings (SSSR count). The molecule has 0 unspecified atom stereocenters. The van der Waals surface area contributed by atoms with E-state index in [9.17, 15) is 4.79 Å². The molecular formula is C11H24N2O2. The summed E-state index contributed by atoms with van der Waals surface area (Å²) in [6.07, 6.45) is -0.270. The zero-order valence-electron chi connectivity index (χ0n) is 10.8. The van der Waals surface area contributed by atoms with Gasteiger partial charge in [0.05, 0.1) is 0 Å². The van der Waals surface area contributed by atoms with Crippen molar-refractivity contribution in [2.24, 2.45) is 0 Å². The lowest BCUT2D eigenvalue weighted by molar-refractivity contribution is 0.0300. The van der Waals surface area contributed by atoms with Gasteiger partial charge in [-0.2, -0.15) is 0 Å². The lowest BCUT2D eigenvalue weighted by Crippen LogP contribution is -2.39. The molecule has 0 saturated carbocycles. The van der Waals surface area contributed by atoms with E-state index in [1.165, 1.54) is 0 Å². The third-order valence-corrected chi connectivity index (χ3v) is 1.70. The Kier molecular flexibility index (Phi) is 5.65. The first kappa shape index (κ1) is 14.2. The van der Waals surface area contributed by atoms with Gasteiger partial charge in [0.15, 0.2) is 0 Å². The summed E-state index contributed by atoms with van der Waals surface area (Å²) < 4.78 is 5.22. The Bertz CT molecular complexity index is 197. The molecule has 1 amide bonds. The van der Waals surface area contributed by atoms with E-state index >= 15 is 0 Å². The summed E-state index contributed by atoms with van der Waals surface area (Å²) in [6, 6.07) is 0.442. The molecule has 0 spiro atoms. The molecule has 0 aromatic heterocycles. The Hall–Kier alpha value is -0.770. The number of likely N-dealkylation sites (N-methyl/N-ethyl adjacent to an activating group) is 1. The molecule has 0 atom stereocenters. The monoisotopic (exact) mass is 216 g/mol. The van der Waals surface area contributed by atoms with Gasteiger partial charge in [0.1, 0.15) is 5.60 Å². The molecule has 0 aromatic carbocycles. The maximum Gasteiger partial charge on any atom is 0.410 e. The van der Waals surface area contributed by atoms with Gasteiger partial charge in [-0.15, -0.1) is 0 Å². The van der Waals surface area contributed by atoms with E-state index in [1.54, 1.807) is 11.9 Å². The Morgan fingerprint density at radius 2 is 1.93 bits per heavy atom. The van der Waals surface area contributed by atoms with Crippen LogP contribution in [0.15, 0.2) is 0 Å². The number of amides is 1. The van der Waals surface area contributed by atoms with Gasteiger partial charge in [-0.25, -0.2) is 4.79 Å². The Balaban J connectivity index is 3.80. The summed E-state index contributed by atoms with van der Waals surface area (Å²) in [7, 11) is 1.75. The lowest BCUT2D eigenvalue weighted by atomic mass is 10.2. The highest BCUT2D eigenvalue weighted by molar-refractivity contribution is 5.67. The van der Waals surface area contributed by atoms with Crippen LogP contribution in [0.25, 0.3) is 0 Å². The summed E-state index contributed by atoms with van der Waals surface area (Å²) in [6.45, 7) is 11.2. The number of carbonyl (C=O) groups is 1. The molecule has 0 saturated heterocycles. The summed E-state index contributed by atoms with van der Waals surface area (Å²) in [5.74, 6) is 0. The summed E-state index contributed by atoms with van der Waals surface area (Å²) in [5, 5.41) is 3.24. The number of carbonyl (C=O) groups excluding carboxylic acids is 1. The van der Waals surface area contributed by atoms with Crippen molar-refractivity contribution in [1.29, 1.82) is 0 Å². The van der Waals surface area contributed by atoms with E-state index < -0.39 is 5.60 Å². The Morgan fingerprint density at radius 1 is 1.40 bits per heavy atom. The van der Waals surface area contributed by atoms with Crippen molar-refractivity contribution in [3.8, 4) is 0 Å². The largest absolute Gasteiger partial charge is 0.444 e. The van der Waals surface area contributed by atoms with Crippen LogP contribution in [-0.4, -0.2) is 42.8 Å². The van der Waals surface area contributed by atoms with Crippen molar-refractivity contribution >= 4 is 6.09 Å². The van der Waals surface area contributed by atoms with Crippen LogP contribution < -0.4 is 5.32 Å². The molecule has 0 radical (unpaired) electrons. The SMILES string of the molecule is CC(C)NCCN(C)C(=O)OC(C)(C)C. The molecule has 0 fully saturated rings. The number of hydrogen-bond donors (Lipinski definition) is 1. The van der Waals surface area contributed by atoms with Crippen LogP contribution in [0.2, 0.25) is 0 Å². The molecule has 0 aromatic rings. The molecular weight excluding hydrogens is 192 g/mol. The minimum absolute atomic E-state index is 0.270. The van der Waals surface area contributed by atoms with Crippen LogP contribution in [0.3, 0.4) is 0 Å². The van der Waals surface area contributed by atoms with Crippen molar-refractivity contribution in [2.45, 2.75) is 46.3 Å². The smallest absolute Gasteiger partial charge is 0.410 e. The van der Waals surface area contributed by atoms with Gasteiger partial charge in [-0.05, 0) is 20.8 Å². The highest BCUT2D eigenvalue weighted by Gasteiger charge is 2.18. The second kappa shape index (κ2) is 5.95. The summed E-state index contributed by atoms with van der Waals surface area (Å²) in [4.78, 5) is 13.1. The van der Waals surface area contributed by atoms with Gasteiger partial charge in [-0.1, -0.05) is 13.8 Å². The molecule has 15 heavy (non-hydrogen) atoms. The zero-order chi connectivity index (χ0) is 12.1. The second-order valence-electron chi connectivity index (χ2n) is 5.01. The van der Waals surface area contributed by atoms with E-state index in [4.69, 9.17) is 4.74 Å². The highest BCUT2D eigenvalue weighted by atomic mass is 16.6.